The zero-order valence-corrected chi connectivity index (χ0v) is 11.4. The molecule has 1 fully saturated rings. The predicted molar refractivity (Wildman–Crippen MR) is 66.6 cm³/mol. The summed E-state index contributed by atoms with van der Waals surface area (Å²) in [4.78, 5) is 24.2. The van der Waals surface area contributed by atoms with Gasteiger partial charge in [0.25, 0.3) is 0 Å². The molecule has 1 rings (SSSR count). The first-order valence-electron chi connectivity index (χ1n) is 5.96. The molecule has 0 unspecified atom stereocenters. The summed E-state index contributed by atoms with van der Waals surface area (Å²) in [6.07, 6.45) is 1.59. The van der Waals surface area contributed by atoms with E-state index in [4.69, 9.17) is 15.2 Å². The fraction of sp³-hybridized carbons (Fsp3) is 0.692. The Balaban J connectivity index is 2.99. The van der Waals surface area contributed by atoms with Gasteiger partial charge in [0.05, 0.1) is 12.1 Å². The lowest BCUT2D eigenvalue weighted by Gasteiger charge is -2.24. The van der Waals surface area contributed by atoms with E-state index in [1.54, 1.807) is 27.7 Å². The van der Waals surface area contributed by atoms with Crippen molar-refractivity contribution in [1.29, 1.82) is 0 Å². The van der Waals surface area contributed by atoms with E-state index < -0.39 is 28.5 Å². The summed E-state index contributed by atoms with van der Waals surface area (Å²) in [7, 11) is 0. The van der Waals surface area contributed by atoms with Crippen molar-refractivity contribution in [3.05, 3.63) is 12.7 Å². The molecule has 0 heterocycles. The largest absolute Gasteiger partial charge is 0.465 e. The van der Waals surface area contributed by atoms with Gasteiger partial charge < -0.3 is 15.2 Å². The molecular formula is C13H21NO4. The van der Waals surface area contributed by atoms with Gasteiger partial charge in [-0.15, -0.1) is 6.58 Å². The Kier molecular flexibility index (Phi) is 3.58. The number of esters is 2. The topological polar surface area (TPSA) is 78.6 Å². The summed E-state index contributed by atoms with van der Waals surface area (Å²) < 4.78 is 10.2. The minimum Gasteiger partial charge on any atom is -0.465 e. The Morgan fingerprint density at radius 1 is 1.39 bits per heavy atom. The number of carbonyl (C=O) groups is 2. The van der Waals surface area contributed by atoms with Crippen molar-refractivity contribution >= 4 is 11.9 Å². The zero-order valence-electron chi connectivity index (χ0n) is 11.4. The van der Waals surface area contributed by atoms with E-state index in [1.807, 2.05) is 0 Å². The Hall–Kier alpha value is -1.36. The van der Waals surface area contributed by atoms with E-state index in [2.05, 4.69) is 6.58 Å². The van der Waals surface area contributed by atoms with E-state index in [-0.39, 0.29) is 13.0 Å². The summed E-state index contributed by atoms with van der Waals surface area (Å²) in [5.41, 5.74) is 2.78. The lowest BCUT2D eigenvalue weighted by atomic mass is 9.99. The van der Waals surface area contributed by atoms with Crippen molar-refractivity contribution in [3.63, 3.8) is 0 Å². The van der Waals surface area contributed by atoms with Gasteiger partial charge in [-0.3, -0.25) is 9.59 Å². The second-order valence-corrected chi connectivity index (χ2v) is 5.55. The number of ether oxygens (including phenoxy) is 2. The second-order valence-electron chi connectivity index (χ2n) is 5.55. The van der Waals surface area contributed by atoms with Gasteiger partial charge in [0, 0.05) is 0 Å². The highest BCUT2D eigenvalue weighted by molar-refractivity contribution is 6.07. The predicted octanol–water partition coefficient (Wildman–Crippen LogP) is 1.16. The van der Waals surface area contributed by atoms with Crippen molar-refractivity contribution in [2.75, 3.05) is 6.61 Å². The monoisotopic (exact) mass is 255 g/mol. The smallest absolute Gasteiger partial charge is 0.326 e. The van der Waals surface area contributed by atoms with Crippen molar-refractivity contribution in [2.45, 2.75) is 45.3 Å². The normalized spacial score (nSPS) is 30.5. The second kappa shape index (κ2) is 4.39. The molecule has 1 saturated carbocycles. The average molecular weight is 255 g/mol. The minimum atomic E-state index is -1.43. The number of carbonyl (C=O) groups excluding carboxylic acids is 2. The molecule has 2 N–H and O–H groups in total. The van der Waals surface area contributed by atoms with Crippen LogP contribution in [0.25, 0.3) is 0 Å². The first kappa shape index (κ1) is 14.7. The summed E-state index contributed by atoms with van der Waals surface area (Å²) in [5.74, 6) is -1.28. The molecule has 1 aliphatic carbocycles. The van der Waals surface area contributed by atoms with Crippen molar-refractivity contribution in [3.8, 4) is 0 Å². The van der Waals surface area contributed by atoms with Crippen LogP contribution in [0.3, 0.4) is 0 Å². The van der Waals surface area contributed by atoms with Gasteiger partial charge in [-0.2, -0.15) is 0 Å². The van der Waals surface area contributed by atoms with E-state index >= 15 is 0 Å². The molecule has 0 amide bonds. The number of rotatable bonds is 4. The number of hydrogen-bond acceptors (Lipinski definition) is 5. The van der Waals surface area contributed by atoms with Crippen molar-refractivity contribution in [2.24, 2.45) is 11.1 Å². The molecule has 0 aliphatic heterocycles. The molecule has 0 bridgehead atoms. The van der Waals surface area contributed by atoms with Gasteiger partial charge in [-0.1, -0.05) is 6.08 Å². The molecule has 18 heavy (non-hydrogen) atoms. The Bertz CT molecular complexity index is 385. The lowest BCUT2D eigenvalue weighted by molar-refractivity contribution is -0.172. The van der Waals surface area contributed by atoms with Crippen molar-refractivity contribution < 1.29 is 19.1 Å². The zero-order chi connectivity index (χ0) is 14.2. The summed E-state index contributed by atoms with van der Waals surface area (Å²) >= 11 is 0. The van der Waals surface area contributed by atoms with Crippen LogP contribution >= 0.6 is 0 Å². The maximum absolute atomic E-state index is 12.2. The molecule has 0 aromatic rings. The third kappa shape index (κ3) is 2.27. The number of hydrogen-bond donors (Lipinski definition) is 1. The highest BCUT2D eigenvalue weighted by Crippen LogP contribution is 2.57. The molecule has 5 heteroatoms. The summed E-state index contributed by atoms with van der Waals surface area (Å²) in [6, 6.07) is 0. The maximum Gasteiger partial charge on any atom is 0.326 e. The molecule has 0 aromatic heterocycles. The maximum atomic E-state index is 12.2. The Labute approximate surface area is 107 Å². The van der Waals surface area contributed by atoms with Gasteiger partial charge in [-0.25, -0.2) is 0 Å². The SMILES string of the molecule is C=C[C@@]1(N)C[C@@]1(C(=O)OCC)C(=O)OC(C)(C)C. The standard InChI is InChI=1S/C13H21NO4/c1-6-12(14)8-13(12,9(15)17-7-2)10(16)18-11(3,4)5/h6H,1,7-8,14H2,2-5H3/t12-,13-/m1/s1. The molecule has 0 spiro atoms. The molecule has 0 saturated heterocycles. The third-order valence-corrected chi connectivity index (χ3v) is 2.96. The van der Waals surface area contributed by atoms with Crippen LogP contribution in [-0.2, 0) is 19.1 Å². The minimum absolute atomic E-state index is 0.178. The quantitative estimate of drug-likeness (QED) is 0.463. The van der Waals surface area contributed by atoms with Gasteiger partial charge in [0.2, 0.25) is 0 Å². The van der Waals surface area contributed by atoms with E-state index in [0.29, 0.717) is 0 Å². The fourth-order valence-corrected chi connectivity index (χ4v) is 1.87. The van der Waals surface area contributed by atoms with E-state index in [1.165, 1.54) is 6.08 Å². The molecule has 5 nitrogen and oxygen atoms in total. The Morgan fingerprint density at radius 2 is 1.94 bits per heavy atom. The molecule has 0 radical (unpaired) electrons. The third-order valence-electron chi connectivity index (χ3n) is 2.96. The van der Waals surface area contributed by atoms with Crippen LogP contribution in [0, 0.1) is 5.41 Å². The van der Waals surface area contributed by atoms with Gasteiger partial charge in [0.1, 0.15) is 5.60 Å². The molecular weight excluding hydrogens is 234 g/mol. The average Bonchev–Trinajstić information content (AvgIpc) is 2.85. The first-order valence-corrected chi connectivity index (χ1v) is 5.96. The van der Waals surface area contributed by atoms with E-state index in [9.17, 15) is 9.59 Å². The molecule has 1 aliphatic rings. The van der Waals surface area contributed by atoms with Gasteiger partial charge >= 0.3 is 11.9 Å². The number of nitrogens with two attached hydrogens (primary N) is 1. The molecule has 0 aromatic carbocycles. The van der Waals surface area contributed by atoms with Crippen LogP contribution in [0.2, 0.25) is 0 Å². The first-order chi connectivity index (χ1) is 8.13. The molecule has 2 atom stereocenters. The van der Waals surface area contributed by atoms with E-state index in [0.717, 1.165) is 0 Å². The summed E-state index contributed by atoms with van der Waals surface area (Å²) in [5, 5.41) is 0. The highest BCUT2D eigenvalue weighted by atomic mass is 16.6. The fourth-order valence-electron chi connectivity index (χ4n) is 1.87. The van der Waals surface area contributed by atoms with Crippen LogP contribution in [0.15, 0.2) is 12.7 Å². The van der Waals surface area contributed by atoms with Gasteiger partial charge in [-0.05, 0) is 34.1 Å². The Morgan fingerprint density at radius 3 is 2.28 bits per heavy atom. The van der Waals surface area contributed by atoms with Gasteiger partial charge in [0.15, 0.2) is 5.41 Å². The molecule has 102 valence electrons. The van der Waals surface area contributed by atoms with Crippen LogP contribution in [0.1, 0.15) is 34.1 Å². The highest BCUT2D eigenvalue weighted by Gasteiger charge is 2.76. The van der Waals surface area contributed by atoms with Crippen LogP contribution in [0.4, 0.5) is 0 Å². The summed E-state index contributed by atoms with van der Waals surface area (Å²) in [6.45, 7) is 10.6. The van der Waals surface area contributed by atoms with Crippen LogP contribution < -0.4 is 5.73 Å². The van der Waals surface area contributed by atoms with Crippen LogP contribution in [-0.4, -0.2) is 29.7 Å². The lowest BCUT2D eigenvalue weighted by Crippen LogP contribution is -2.43. The van der Waals surface area contributed by atoms with Crippen LogP contribution in [0.5, 0.6) is 0 Å². The van der Waals surface area contributed by atoms with Crippen molar-refractivity contribution in [1.82, 2.24) is 0 Å².